The molecule has 0 spiro atoms. The van der Waals surface area contributed by atoms with Crippen LogP contribution in [0.1, 0.15) is 0 Å². The highest BCUT2D eigenvalue weighted by molar-refractivity contribution is 7.89. The summed E-state index contributed by atoms with van der Waals surface area (Å²) >= 11 is 0. The van der Waals surface area contributed by atoms with Gasteiger partial charge in [0.05, 0.1) is 18.6 Å². The van der Waals surface area contributed by atoms with E-state index in [-0.39, 0.29) is 12.3 Å². The standard InChI is InChI=1S/C8H14N4O3S/c1-15-7-3-2-6(9)8(12-7)11-4-5-16(10,13)14/h2-3H,4-5,9H2,1H3,(H,11,12)(H2,10,13,14). The second kappa shape index (κ2) is 4.99. The van der Waals surface area contributed by atoms with Crippen LogP contribution in [0.2, 0.25) is 0 Å². The summed E-state index contributed by atoms with van der Waals surface area (Å²) in [5, 5.41) is 7.62. The van der Waals surface area contributed by atoms with Gasteiger partial charge in [0.15, 0.2) is 5.82 Å². The molecule has 0 bridgehead atoms. The van der Waals surface area contributed by atoms with Gasteiger partial charge in [-0.1, -0.05) is 0 Å². The molecule has 0 aliphatic heterocycles. The number of nitrogens with zero attached hydrogens (tertiary/aromatic N) is 1. The SMILES string of the molecule is COc1ccc(N)c(NCCS(N)(=O)=O)n1. The first-order chi connectivity index (χ1) is 7.42. The molecule has 1 aromatic rings. The van der Waals surface area contributed by atoms with Crippen LogP contribution in [0.3, 0.4) is 0 Å². The van der Waals surface area contributed by atoms with Crippen LogP contribution in [-0.4, -0.2) is 32.8 Å². The fraction of sp³-hybridized carbons (Fsp3) is 0.375. The van der Waals surface area contributed by atoms with Crippen LogP contribution in [-0.2, 0) is 10.0 Å². The maximum Gasteiger partial charge on any atom is 0.215 e. The molecule has 0 radical (unpaired) electrons. The molecule has 0 atom stereocenters. The van der Waals surface area contributed by atoms with Gasteiger partial charge in [0, 0.05) is 12.6 Å². The van der Waals surface area contributed by atoms with E-state index in [1.54, 1.807) is 12.1 Å². The molecular weight excluding hydrogens is 232 g/mol. The molecule has 1 aromatic heterocycles. The summed E-state index contributed by atoms with van der Waals surface area (Å²) < 4.78 is 26.3. The Hall–Kier alpha value is -1.54. The second-order valence-electron chi connectivity index (χ2n) is 3.09. The second-order valence-corrected chi connectivity index (χ2v) is 4.82. The lowest BCUT2D eigenvalue weighted by atomic mass is 10.4. The molecule has 0 unspecified atom stereocenters. The highest BCUT2D eigenvalue weighted by Crippen LogP contribution is 2.18. The molecule has 0 fully saturated rings. The molecule has 0 saturated carbocycles. The molecule has 8 heteroatoms. The van der Waals surface area contributed by atoms with Crippen molar-refractivity contribution in [1.29, 1.82) is 0 Å². The van der Waals surface area contributed by atoms with E-state index < -0.39 is 10.0 Å². The van der Waals surface area contributed by atoms with Crippen molar-refractivity contribution in [2.24, 2.45) is 5.14 Å². The summed E-state index contributed by atoms with van der Waals surface area (Å²) in [6.07, 6.45) is 0. The van der Waals surface area contributed by atoms with Crippen molar-refractivity contribution in [2.75, 3.05) is 30.5 Å². The summed E-state index contributed by atoms with van der Waals surface area (Å²) in [4.78, 5) is 4.02. The van der Waals surface area contributed by atoms with Crippen LogP contribution in [0, 0.1) is 0 Å². The zero-order valence-corrected chi connectivity index (χ0v) is 9.62. The third-order valence-corrected chi connectivity index (χ3v) is 2.56. The largest absolute Gasteiger partial charge is 0.481 e. The molecule has 0 aromatic carbocycles. The molecule has 90 valence electrons. The monoisotopic (exact) mass is 246 g/mol. The number of sulfonamides is 1. The first kappa shape index (κ1) is 12.5. The lowest BCUT2D eigenvalue weighted by Gasteiger charge is -2.08. The topological polar surface area (TPSA) is 120 Å². The average molecular weight is 246 g/mol. The Balaban J connectivity index is 2.66. The number of anilines is 2. The van der Waals surface area contributed by atoms with Crippen LogP contribution in [0.15, 0.2) is 12.1 Å². The molecule has 0 aliphatic rings. The summed E-state index contributed by atoms with van der Waals surface area (Å²) in [6.45, 7) is 0.142. The maximum atomic E-state index is 10.7. The minimum absolute atomic E-state index is 0.142. The van der Waals surface area contributed by atoms with E-state index in [2.05, 4.69) is 10.3 Å². The van der Waals surface area contributed by atoms with Gasteiger partial charge in [-0.05, 0) is 6.07 Å². The number of nitrogens with two attached hydrogens (primary N) is 2. The number of primary sulfonamides is 1. The first-order valence-corrected chi connectivity index (χ1v) is 6.19. The lowest BCUT2D eigenvalue weighted by Crippen LogP contribution is -2.22. The molecule has 1 rings (SSSR count). The van der Waals surface area contributed by atoms with E-state index in [4.69, 9.17) is 15.6 Å². The normalized spacial score (nSPS) is 11.1. The summed E-state index contributed by atoms with van der Waals surface area (Å²) in [7, 11) is -2.01. The summed E-state index contributed by atoms with van der Waals surface area (Å²) in [6, 6.07) is 3.23. The number of rotatable bonds is 5. The maximum absolute atomic E-state index is 10.7. The molecule has 0 aliphatic carbocycles. The molecule has 0 amide bonds. The molecular formula is C8H14N4O3S. The Kier molecular flexibility index (Phi) is 3.91. The van der Waals surface area contributed by atoms with Crippen molar-refractivity contribution < 1.29 is 13.2 Å². The van der Waals surface area contributed by atoms with Crippen LogP contribution in [0.5, 0.6) is 5.88 Å². The van der Waals surface area contributed by atoms with Crippen LogP contribution in [0.25, 0.3) is 0 Å². The van der Waals surface area contributed by atoms with Gasteiger partial charge >= 0.3 is 0 Å². The first-order valence-electron chi connectivity index (χ1n) is 4.47. The van der Waals surface area contributed by atoms with E-state index in [1.807, 2.05) is 0 Å². The highest BCUT2D eigenvalue weighted by atomic mass is 32.2. The van der Waals surface area contributed by atoms with E-state index in [9.17, 15) is 8.42 Å². The summed E-state index contributed by atoms with van der Waals surface area (Å²) in [5.41, 5.74) is 6.04. The van der Waals surface area contributed by atoms with Gasteiger partial charge in [0.25, 0.3) is 0 Å². The number of aromatic nitrogens is 1. The molecule has 16 heavy (non-hydrogen) atoms. The van der Waals surface area contributed by atoms with E-state index >= 15 is 0 Å². The van der Waals surface area contributed by atoms with Crippen LogP contribution >= 0.6 is 0 Å². The molecule has 0 saturated heterocycles. The van der Waals surface area contributed by atoms with Crippen molar-refractivity contribution in [2.45, 2.75) is 0 Å². The Morgan fingerprint density at radius 3 is 2.75 bits per heavy atom. The molecule has 1 heterocycles. The average Bonchev–Trinajstić information content (AvgIpc) is 2.19. The predicted molar refractivity (Wildman–Crippen MR) is 61.7 cm³/mol. The zero-order chi connectivity index (χ0) is 12.2. The Morgan fingerprint density at radius 2 is 2.19 bits per heavy atom. The number of methoxy groups -OCH3 is 1. The van der Waals surface area contributed by atoms with Gasteiger partial charge in [0.1, 0.15) is 0 Å². The number of hydrogen-bond donors (Lipinski definition) is 3. The predicted octanol–water partition coefficient (Wildman–Crippen LogP) is -0.627. The van der Waals surface area contributed by atoms with Gasteiger partial charge < -0.3 is 15.8 Å². The van der Waals surface area contributed by atoms with Crippen molar-refractivity contribution >= 4 is 21.5 Å². The van der Waals surface area contributed by atoms with Crippen molar-refractivity contribution in [3.05, 3.63) is 12.1 Å². The van der Waals surface area contributed by atoms with Crippen molar-refractivity contribution in [1.82, 2.24) is 4.98 Å². The number of hydrogen-bond acceptors (Lipinski definition) is 6. The smallest absolute Gasteiger partial charge is 0.215 e. The zero-order valence-electron chi connectivity index (χ0n) is 8.80. The van der Waals surface area contributed by atoms with E-state index in [1.165, 1.54) is 7.11 Å². The lowest BCUT2D eigenvalue weighted by molar-refractivity contribution is 0.398. The van der Waals surface area contributed by atoms with Gasteiger partial charge in [-0.3, -0.25) is 0 Å². The third-order valence-electron chi connectivity index (χ3n) is 1.79. The van der Waals surface area contributed by atoms with Gasteiger partial charge in [-0.25, -0.2) is 13.6 Å². The van der Waals surface area contributed by atoms with Gasteiger partial charge in [-0.15, -0.1) is 0 Å². The van der Waals surface area contributed by atoms with Crippen LogP contribution in [0.4, 0.5) is 11.5 Å². The minimum Gasteiger partial charge on any atom is -0.481 e. The van der Waals surface area contributed by atoms with Gasteiger partial charge in [-0.2, -0.15) is 4.98 Å². The number of nitrogens with one attached hydrogen (secondary N) is 1. The molecule has 5 N–H and O–H groups in total. The van der Waals surface area contributed by atoms with Gasteiger partial charge in [0.2, 0.25) is 15.9 Å². The minimum atomic E-state index is -3.49. The third kappa shape index (κ3) is 3.91. The van der Waals surface area contributed by atoms with Crippen LogP contribution < -0.4 is 20.9 Å². The highest BCUT2D eigenvalue weighted by Gasteiger charge is 2.05. The molecule has 7 nitrogen and oxygen atoms in total. The summed E-state index contributed by atoms with van der Waals surface area (Å²) in [5.74, 6) is 0.584. The Morgan fingerprint density at radius 1 is 1.50 bits per heavy atom. The van der Waals surface area contributed by atoms with Crippen molar-refractivity contribution in [3.8, 4) is 5.88 Å². The van der Waals surface area contributed by atoms with Crippen molar-refractivity contribution in [3.63, 3.8) is 0 Å². The number of nitrogen functional groups attached to an aromatic ring is 1. The Bertz CT molecular complexity index is 460. The van der Waals surface area contributed by atoms with E-state index in [0.717, 1.165) is 0 Å². The number of pyridine rings is 1. The quantitative estimate of drug-likeness (QED) is 0.636. The number of ether oxygens (including phenoxy) is 1. The Labute approximate surface area is 93.8 Å². The fourth-order valence-corrected chi connectivity index (χ4v) is 1.41. The van der Waals surface area contributed by atoms with E-state index in [0.29, 0.717) is 17.4 Å². The fourth-order valence-electron chi connectivity index (χ4n) is 1.02.